The van der Waals surface area contributed by atoms with Crippen molar-refractivity contribution in [3.05, 3.63) is 30.2 Å². The minimum absolute atomic E-state index is 0.0462. The molecule has 2 aromatic rings. The molecule has 9 heteroatoms. The molecule has 9 nitrogen and oxygen atoms in total. The third kappa shape index (κ3) is 3.34. The van der Waals surface area contributed by atoms with Crippen LogP contribution in [-0.2, 0) is 9.59 Å². The average molecular weight is 439 g/mol. The fourth-order valence-corrected chi connectivity index (χ4v) is 6.30. The van der Waals surface area contributed by atoms with E-state index in [1.54, 1.807) is 4.90 Å². The standard InChI is InChI=1S/C23H30N6O3/c1-15-11-22(2,3)14-23(12-15)20(31)29(21(32)24-23)13-18(30)27-10-6-7-16(27)19-26-25-17-8-4-5-9-28(17)19/h4-5,8-9,15-16H,6-7,10-14H2,1-3H3,(H,24,32). The van der Waals surface area contributed by atoms with Gasteiger partial charge >= 0.3 is 6.03 Å². The van der Waals surface area contributed by atoms with Gasteiger partial charge in [0.25, 0.3) is 5.91 Å². The molecule has 3 aliphatic rings. The molecule has 4 heterocycles. The molecule has 1 N–H and O–H groups in total. The second kappa shape index (κ2) is 7.28. The monoisotopic (exact) mass is 438 g/mol. The molecule has 0 aromatic carbocycles. The molecular weight excluding hydrogens is 408 g/mol. The van der Waals surface area contributed by atoms with Crippen molar-refractivity contribution in [2.75, 3.05) is 13.1 Å². The summed E-state index contributed by atoms with van der Waals surface area (Å²) in [4.78, 5) is 42.4. The van der Waals surface area contributed by atoms with Crippen molar-refractivity contribution in [2.45, 2.75) is 64.5 Å². The first-order valence-electron chi connectivity index (χ1n) is 11.4. The molecule has 4 amide bonds. The highest BCUT2D eigenvalue weighted by Gasteiger charge is 2.56. The first-order chi connectivity index (χ1) is 15.2. The van der Waals surface area contributed by atoms with Crippen LogP contribution in [0.5, 0.6) is 0 Å². The Morgan fingerprint density at radius 1 is 1.22 bits per heavy atom. The van der Waals surface area contributed by atoms with Gasteiger partial charge in [-0.15, -0.1) is 10.2 Å². The summed E-state index contributed by atoms with van der Waals surface area (Å²) in [6, 6.07) is 4.99. The van der Waals surface area contributed by atoms with Gasteiger partial charge in [0.05, 0.1) is 6.04 Å². The highest BCUT2D eigenvalue weighted by molar-refractivity contribution is 6.09. The quantitative estimate of drug-likeness (QED) is 0.743. The highest BCUT2D eigenvalue weighted by atomic mass is 16.2. The summed E-state index contributed by atoms with van der Waals surface area (Å²) in [5.41, 5.74) is -0.214. The molecule has 2 aromatic heterocycles. The second-order valence-electron chi connectivity index (χ2n) is 10.5. The zero-order valence-corrected chi connectivity index (χ0v) is 18.9. The van der Waals surface area contributed by atoms with E-state index in [1.165, 1.54) is 0 Å². The smallest absolute Gasteiger partial charge is 0.325 e. The van der Waals surface area contributed by atoms with Crippen molar-refractivity contribution in [3.8, 4) is 0 Å². The molecule has 3 unspecified atom stereocenters. The van der Waals surface area contributed by atoms with Crippen LogP contribution < -0.4 is 5.32 Å². The lowest BCUT2D eigenvalue weighted by Crippen LogP contribution is -2.54. The topological polar surface area (TPSA) is 99.9 Å². The Morgan fingerprint density at radius 2 is 2.03 bits per heavy atom. The first kappa shape index (κ1) is 20.9. The number of nitrogens with one attached hydrogen (secondary N) is 1. The summed E-state index contributed by atoms with van der Waals surface area (Å²) < 4.78 is 1.89. The number of hydrogen-bond donors (Lipinski definition) is 1. The fraction of sp³-hybridized carbons (Fsp3) is 0.609. The van der Waals surface area contributed by atoms with Gasteiger partial charge in [-0.2, -0.15) is 0 Å². The number of likely N-dealkylation sites (tertiary alicyclic amines) is 1. The van der Waals surface area contributed by atoms with E-state index >= 15 is 0 Å². The third-order valence-corrected chi connectivity index (χ3v) is 7.13. The predicted octanol–water partition coefficient (Wildman–Crippen LogP) is 2.53. The van der Waals surface area contributed by atoms with E-state index in [2.05, 4.69) is 36.3 Å². The van der Waals surface area contributed by atoms with Gasteiger partial charge in [-0.05, 0) is 55.6 Å². The summed E-state index contributed by atoms with van der Waals surface area (Å²) >= 11 is 0. The van der Waals surface area contributed by atoms with Crippen LogP contribution in [0.15, 0.2) is 24.4 Å². The number of fused-ring (bicyclic) bond motifs is 1. The minimum atomic E-state index is -0.897. The van der Waals surface area contributed by atoms with Crippen LogP contribution >= 0.6 is 0 Å². The van der Waals surface area contributed by atoms with Crippen molar-refractivity contribution >= 4 is 23.5 Å². The van der Waals surface area contributed by atoms with Crippen LogP contribution in [0.2, 0.25) is 0 Å². The molecule has 0 radical (unpaired) electrons. The van der Waals surface area contributed by atoms with Gasteiger partial charge in [0.1, 0.15) is 12.1 Å². The summed E-state index contributed by atoms with van der Waals surface area (Å²) in [6.45, 7) is 6.72. The molecule has 1 spiro atoms. The first-order valence-corrected chi connectivity index (χ1v) is 11.4. The largest absolute Gasteiger partial charge is 0.331 e. The van der Waals surface area contributed by atoms with Gasteiger partial charge < -0.3 is 10.2 Å². The van der Waals surface area contributed by atoms with Gasteiger partial charge in [0.15, 0.2) is 11.5 Å². The molecule has 1 aliphatic carbocycles. The molecule has 3 atom stereocenters. The molecule has 2 aliphatic heterocycles. The zero-order chi connectivity index (χ0) is 22.7. The fourth-order valence-electron chi connectivity index (χ4n) is 6.30. The summed E-state index contributed by atoms with van der Waals surface area (Å²) in [7, 11) is 0. The number of amides is 4. The Bertz CT molecular complexity index is 1090. The van der Waals surface area contributed by atoms with Crippen LogP contribution in [0, 0.1) is 11.3 Å². The normalized spacial score (nSPS) is 29.8. The van der Waals surface area contributed by atoms with Crippen molar-refractivity contribution in [3.63, 3.8) is 0 Å². The SMILES string of the molecule is CC1CC(C)(C)CC2(C1)NC(=O)N(CC(=O)N1CCCC1c1nnc3ccccn13)C2=O. The summed E-state index contributed by atoms with van der Waals surface area (Å²) in [5.74, 6) is 0.536. The second-order valence-corrected chi connectivity index (χ2v) is 10.5. The average Bonchev–Trinajstić information content (AvgIpc) is 3.40. The Labute approximate surface area is 187 Å². The number of aromatic nitrogens is 3. The zero-order valence-electron chi connectivity index (χ0n) is 18.9. The van der Waals surface area contributed by atoms with Crippen molar-refractivity contribution in [1.82, 2.24) is 29.7 Å². The molecule has 0 bridgehead atoms. The van der Waals surface area contributed by atoms with Crippen molar-refractivity contribution < 1.29 is 14.4 Å². The van der Waals surface area contributed by atoms with Crippen LogP contribution in [0.1, 0.15) is 64.7 Å². The lowest BCUT2D eigenvalue weighted by molar-refractivity contribution is -0.141. The maximum atomic E-state index is 13.4. The number of imide groups is 1. The van der Waals surface area contributed by atoms with Crippen LogP contribution in [-0.4, -0.2) is 60.9 Å². The van der Waals surface area contributed by atoms with Crippen molar-refractivity contribution in [1.29, 1.82) is 0 Å². The number of carbonyl (C=O) groups is 3. The Kier molecular flexibility index (Phi) is 4.76. The lowest BCUT2D eigenvalue weighted by atomic mass is 9.64. The van der Waals surface area contributed by atoms with Gasteiger partial charge in [-0.1, -0.05) is 26.8 Å². The highest BCUT2D eigenvalue weighted by Crippen LogP contribution is 2.46. The van der Waals surface area contributed by atoms with E-state index in [9.17, 15) is 14.4 Å². The van der Waals surface area contributed by atoms with E-state index in [4.69, 9.17) is 0 Å². The van der Waals surface area contributed by atoms with Crippen LogP contribution in [0.4, 0.5) is 4.79 Å². The number of carbonyl (C=O) groups excluding carboxylic acids is 3. The van der Waals surface area contributed by atoms with Crippen molar-refractivity contribution in [2.24, 2.45) is 11.3 Å². The maximum absolute atomic E-state index is 13.4. The lowest BCUT2D eigenvalue weighted by Gasteiger charge is -2.43. The van der Waals surface area contributed by atoms with Gasteiger partial charge in [0, 0.05) is 12.7 Å². The Hall–Kier alpha value is -2.97. The number of rotatable bonds is 3. The third-order valence-electron chi connectivity index (χ3n) is 7.13. The van der Waals surface area contributed by atoms with Gasteiger partial charge in [-0.25, -0.2) is 4.79 Å². The number of urea groups is 1. The Balaban J connectivity index is 1.35. The maximum Gasteiger partial charge on any atom is 0.325 e. The van der Waals surface area contributed by atoms with Crippen LogP contribution in [0.25, 0.3) is 5.65 Å². The number of hydrogen-bond acceptors (Lipinski definition) is 5. The Morgan fingerprint density at radius 3 is 2.81 bits per heavy atom. The number of nitrogens with zero attached hydrogens (tertiary/aromatic N) is 5. The van der Waals surface area contributed by atoms with E-state index < -0.39 is 11.6 Å². The molecule has 5 rings (SSSR count). The van der Waals surface area contributed by atoms with Gasteiger partial charge in [0.2, 0.25) is 5.91 Å². The summed E-state index contributed by atoms with van der Waals surface area (Å²) in [6.07, 6.45) is 5.73. The summed E-state index contributed by atoms with van der Waals surface area (Å²) in [5, 5.41) is 11.5. The predicted molar refractivity (Wildman–Crippen MR) is 116 cm³/mol. The van der Waals surface area contributed by atoms with E-state index in [-0.39, 0.29) is 29.8 Å². The van der Waals surface area contributed by atoms with Gasteiger partial charge in [-0.3, -0.25) is 18.9 Å². The number of pyridine rings is 1. The molecule has 1 saturated carbocycles. The van der Waals surface area contributed by atoms with E-state index in [0.717, 1.165) is 29.8 Å². The molecular formula is C23H30N6O3. The molecule has 32 heavy (non-hydrogen) atoms. The molecule has 170 valence electrons. The molecule has 2 saturated heterocycles. The van der Waals surface area contributed by atoms with Crippen LogP contribution in [0.3, 0.4) is 0 Å². The minimum Gasteiger partial charge on any atom is -0.331 e. The van der Waals surface area contributed by atoms with E-state index in [1.807, 2.05) is 28.8 Å². The van der Waals surface area contributed by atoms with E-state index in [0.29, 0.717) is 31.1 Å². The molecule has 3 fully saturated rings.